The molecule has 0 spiro atoms. The summed E-state index contributed by atoms with van der Waals surface area (Å²) in [6, 6.07) is 33.7. The van der Waals surface area contributed by atoms with Gasteiger partial charge >= 0.3 is 0 Å². The number of nitro benzene ring substituents is 1. The highest BCUT2D eigenvalue weighted by Gasteiger charge is 2.19. The molecule has 1 aromatic heterocycles. The zero-order chi connectivity index (χ0) is 25.1. The summed E-state index contributed by atoms with van der Waals surface area (Å²) in [5.41, 5.74) is 6.02. The van der Waals surface area contributed by atoms with Gasteiger partial charge in [-0.2, -0.15) is 0 Å². The van der Waals surface area contributed by atoms with Gasteiger partial charge in [0.2, 0.25) is 0 Å². The van der Waals surface area contributed by atoms with Crippen molar-refractivity contribution in [3.63, 3.8) is 0 Å². The molecule has 0 aliphatic heterocycles. The fourth-order valence-corrected chi connectivity index (χ4v) is 4.39. The Bertz CT molecular complexity index is 1560. The molecule has 0 fully saturated rings. The maximum Gasteiger partial charge on any atom is 0.269 e. The summed E-state index contributed by atoms with van der Waals surface area (Å²) in [7, 11) is 0. The number of benzene rings is 4. The van der Waals surface area contributed by atoms with Crippen LogP contribution in [-0.4, -0.2) is 15.7 Å². The molecule has 0 aliphatic carbocycles. The quantitative estimate of drug-likeness (QED) is 0.130. The third kappa shape index (κ3) is 4.80. The molecule has 0 N–H and O–H groups in total. The largest absolute Gasteiger partial charge is 0.309 e. The Kier molecular flexibility index (Phi) is 6.67. The minimum absolute atomic E-state index is 0.0332. The lowest BCUT2D eigenvalue weighted by Crippen LogP contribution is -2.01. The van der Waals surface area contributed by atoms with Crippen molar-refractivity contribution < 1.29 is 4.92 Å². The molecule has 0 unspecified atom stereocenters. The van der Waals surface area contributed by atoms with E-state index in [1.54, 1.807) is 36.5 Å². The number of aliphatic imine (C=N–C) groups is 1. The summed E-state index contributed by atoms with van der Waals surface area (Å²) < 4.78 is 2.09. The Morgan fingerprint density at radius 1 is 0.778 bits per heavy atom. The van der Waals surface area contributed by atoms with E-state index in [9.17, 15) is 10.1 Å². The topological polar surface area (TPSA) is 60.4 Å². The van der Waals surface area contributed by atoms with Crippen molar-refractivity contribution in [3.8, 4) is 28.2 Å². The average Bonchev–Trinajstić information content (AvgIpc) is 3.30. The lowest BCUT2D eigenvalue weighted by atomic mass is 10.1. The molecule has 0 atom stereocenters. The smallest absolute Gasteiger partial charge is 0.269 e. The zero-order valence-corrected chi connectivity index (χ0v) is 20.4. The molecule has 0 saturated carbocycles. The molecule has 176 valence electrons. The highest BCUT2D eigenvalue weighted by molar-refractivity contribution is 6.35. The van der Waals surface area contributed by atoms with Crippen molar-refractivity contribution in [2.24, 2.45) is 4.99 Å². The van der Waals surface area contributed by atoms with E-state index in [0.717, 1.165) is 33.8 Å². The molecule has 4 aromatic carbocycles. The minimum Gasteiger partial charge on any atom is -0.309 e. The van der Waals surface area contributed by atoms with E-state index in [1.807, 2.05) is 60.7 Å². The highest BCUT2D eigenvalue weighted by Crippen LogP contribution is 2.36. The Hall–Kier alpha value is -4.19. The molecule has 5 nitrogen and oxygen atoms in total. The standard InChI is InChI=1S/C29H19Cl2N3O2/c30-23-11-16-26(31)27(18-23)32-19-22-17-28(20-7-3-1-4-8-20)33(29(22)21-9-5-2-6-10-21)24-12-14-25(15-13-24)34(35)36/h1-19H. The van der Waals surface area contributed by atoms with Crippen LogP contribution in [0.4, 0.5) is 11.4 Å². The first-order valence-corrected chi connectivity index (χ1v) is 11.9. The van der Waals surface area contributed by atoms with Crippen LogP contribution in [0.25, 0.3) is 28.2 Å². The number of halogens is 2. The first-order valence-electron chi connectivity index (χ1n) is 11.1. The van der Waals surface area contributed by atoms with Gasteiger partial charge in [-0.25, -0.2) is 0 Å². The van der Waals surface area contributed by atoms with E-state index in [-0.39, 0.29) is 5.69 Å². The highest BCUT2D eigenvalue weighted by atomic mass is 35.5. The predicted molar refractivity (Wildman–Crippen MR) is 147 cm³/mol. The normalized spacial score (nSPS) is 11.2. The van der Waals surface area contributed by atoms with E-state index in [2.05, 4.69) is 15.6 Å². The molecular weight excluding hydrogens is 493 g/mol. The van der Waals surface area contributed by atoms with Crippen molar-refractivity contribution in [1.82, 2.24) is 4.57 Å². The third-order valence-corrected chi connectivity index (χ3v) is 6.27. The fourth-order valence-electron chi connectivity index (χ4n) is 4.06. The Morgan fingerprint density at radius 2 is 1.42 bits per heavy atom. The molecule has 36 heavy (non-hydrogen) atoms. The molecule has 7 heteroatoms. The van der Waals surface area contributed by atoms with Gasteiger partial charge in [0, 0.05) is 34.6 Å². The minimum atomic E-state index is -0.400. The third-order valence-electron chi connectivity index (χ3n) is 5.72. The first kappa shape index (κ1) is 23.5. The molecule has 0 amide bonds. The molecular formula is C29H19Cl2N3O2. The summed E-state index contributed by atoms with van der Waals surface area (Å²) in [6.07, 6.45) is 1.77. The molecule has 0 bridgehead atoms. The van der Waals surface area contributed by atoms with Gasteiger partial charge in [0.25, 0.3) is 5.69 Å². The SMILES string of the molecule is O=[N+]([O-])c1ccc(-n2c(-c3ccccc3)cc(C=Nc3cc(Cl)ccc3Cl)c2-c2ccccc2)cc1. The van der Waals surface area contributed by atoms with Crippen molar-refractivity contribution in [2.75, 3.05) is 0 Å². The van der Waals surface area contributed by atoms with Crippen LogP contribution in [-0.2, 0) is 0 Å². The van der Waals surface area contributed by atoms with Crippen LogP contribution in [0, 0.1) is 10.1 Å². The zero-order valence-electron chi connectivity index (χ0n) is 18.9. The van der Waals surface area contributed by atoms with E-state index in [4.69, 9.17) is 23.2 Å². The van der Waals surface area contributed by atoms with Crippen LogP contribution >= 0.6 is 23.2 Å². The summed E-state index contributed by atoms with van der Waals surface area (Å²) in [5.74, 6) is 0. The van der Waals surface area contributed by atoms with Gasteiger partial charge in [0.05, 0.1) is 27.0 Å². The average molecular weight is 512 g/mol. The van der Waals surface area contributed by atoms with Crippen LogP contribution in [0.1, 0.15) is 5.56 Å². The summed E-state index contributed by atoms with van der Waals surface area (Å²) in [4.78, 5) is 15.5. The number of hydrogen-bond donors (Lipinski definition) is 0. The maximum absolute atomic E-state index is 11.3. The van der Waals surface area contributed by atoms with Gasteiger partial charge < -0.3 is 4.57 Å². The number of aromatic nitrogens is 1. The second kappa shape index (κ2) is 10.2. The van der Waals surface area contributed by atoms with Gasteiger partial charge in [-0.05, 0) is 47.5 Å². The van der Waals surface area contributed by atoms with E-state index >= 15 is 0 Å². The van der Waals surface area contributed by atoms with E-state index in [0.29, 0.717) is 15.7 Å². The fraction of sp³-hybridized carbons (Fsp3) is 0. The molecule has 0 aliphatic rings. The van der Waals surface area contributed by atoms with Crippen LogP contribution in [0.2, 0.25) is 10.0 Å². The van der Waals surface area contributed by atoms with Crippen molar-refractivity contribution in [2.45, 2.75) is 0 Å². The van der Waals surface area contributed by atoms with Gasteiger partial charge in [-0.15, -0.1) is 0 Å². The predicted octanol–water partition coefficient (Wildman–Crippen LogP) is 8.78. The lowest BCUT2D eigenvalue weighted by molar-refractivity contribution is -0.384. The second-order valence-corrected chi connectivity index (χ2v) is 8.87. The monoisotopic (exact) mass is 511 g/mol. The second-order valence-electron chi connectivity index (χ2n) is 8.03. The van der Waals surface area contributed by atoms with Crippen molar-refractivity contribution >= 4 is 40.8 Å². The Labute approximate surface area is 218 Å². The van der Waals surface area contributed by atoms with Crippen molar-refractivity contribution in [3.05, 3.63) is 135 Å². The number of nitrogens with zero attached hydrogens (tertiary/aromatic N) is 3. The van der Waals surface area contributed by atoms with E-state index in [1.165, 1.54) is 12.1 Å². The molecule has 0 radical (unpaired) electrons. The molecule has 5 aromatic rings. The molecule has 1 heterocycles. The van der Waals surface area contributed by atoms with Crippen LogP contribution in [0.3, 0.4) is 0 Å². The summed E-state index contributed by atoms with van der Waals surface area (Å²) in [6.45, 7) is 0. The van der Waals surface area contributed by atoms with Gasteiger partial charge in [-0.1, -0.05) is 83.9 Å². The van der Waals surface area contributed by atoms with Crippen LogP contribution < -0.4 is 0 Å². The number of non-ortho nitro benzene ring substituents is 1. The van der Waals surface area contributed by atoms with Crippen molar-refractivity contribution in [1.29, 1.82) is 0 Å². The lowest BCUT2D eigenvalue weighted by Gasteiger charge is -2.15. The Morgan fingerprint density at radius 3 is 2.06 bits per heavy atom. The molecule has 0 saturated heterocycles. The van der Waals surface area contributed by atoms with Gasteiger partial charge in [-0.3, -0.25) is 15.1 Å². The maximum atomic E-state index is 11.3. The first-order chi connectivity index (χ1) is 17.5. The van der Waals surface area contributed by atoms with Crippen LogP contribution in [0.15, 0.2) is 114 Å². The van der Waals surface area contributed by atoms with Crippen LogP contribution in [0.5, 0.6) is 0 Å². The molecule has 5 rings (SSSR count). The number of hydrogen-bond acceptors (Lipinski definition) is 3. The Balaban J connectivity index is 1.77. The van der Waals surface area contributed by atoms with E-state index < -0.39 is 4.92 Å². The number of rotatable bonds is 6. The number of nitro groups is 1. The van der Waals surface area contributed by atoms with Gasteiger partial charge in [0.1, 0.15) is 0 Å². The summed E-state index contributed by atoms with van der Waals surface area (Å²) in [5, 5.41) is 12.3. The van der Waals surface area contributed by atoms with Gasteiger partial charge in [0.15, 0.2) is 0 Å². The summed E-state index contributed by atoms with van der Waals surface area (Å²) >= 11 is 12.5.